The largest absolute Gasteiger partial charge is 0.395 e. The van der Waals surface area contributed by atoms with Gasteiger partial charge in [0, 0.05) is 39.3 Å². The van der Waals surface area contributed by atoms with Gasteiger partial charge in [-0.3, -0.25) is 4.90 Å². The third-order valence-electron chi connectivity index (χ3n) is 3.08. The zero-order chi connectivity index (χ0) is 13.4. The second-order valence-corrected chi connectivity index (χ2v) is 5.10. The predicted molar refractivity (Wildman–Crippen MR) is 76.8 cm³/mol. The number of methoxy groups -OCH3 is 1. The summed E-state index contributed by atoms with van der Waals surface area (Å²) in [5, 5.41) is 13.1. The van der Waals surface area contributed by atoms with Crippen LogP contribution in [0.25, 0.3) is 0 Å². The summed E-state index contributed by atoms with van der Waals surface area (Å²) in [7, 11) is 1.69. The molecule has 0 amide bonds. The normalized spacial score (nSPS) is 19.4. The quantitative estimate of drug-likeness (QED) is 0.683. The van der Waals surface area contributed by atoms with Crippen molar-refractivity contribution in [2.45, 2.75) is 19.4 Å². The molecule has 0 aromatic heterocycles. The number of nitrogens with zero attached hydrogens (tertiary/aromatic N) is 2. The molecule has 2 N–H and O–H groups in total. The molecule has 0 aliphatic carbocycles. The molecule has 1 saturated heterocycles. The lowest BCUT2D eigenvalue weighted by molar-refractivity contribution is 0.177. The third kappa shape index (κ3) is 5.48. The van der Waals surface area contributed by atoms with Gasteiger partial charge in [0.25, 0.3) is 0 Å². The molecule has 0 bridgehead atoms. The molecule has 1 fully saturated rings. The molecular formula is C12H25N3O2S. The lowest BCUT2D eigenvalue weighted by Gasteiger charge is -2.26. The van der Waals surface area contributed by atoms with Crippen LogP contribution in [-0.4, -0.2) is 79.1 Å². The van der Waals surface area contributed by atoms with E-state index in [1.165, 1.54) is 0 Å². The van der Waals surface area contributed by atoms with Gasteiger partial charge in [-0.25, -0.2) is 0 Å². The minimum absolute atomic E-state index is 0.230. The summed E-state index contributed by atoms with van der Waals surface area (Å²) in [5.41, 5.74) is 0. The second-order valence-electron chi connectivity index (χ2n) is 4.71. The third-order valence-corrected chi connectivity index (χ3v) is 3.45. The average Bonchev–Trinajstić information content (AvgIpc) is 2.55. The van der Waals surface area contributed by atoms with E-state index in [9.17, 15) is 0 Å². The number of aliphatic hydroxyl groups excluding tert-OH is 1. The molecule has 1 atom stereocenters. The molecule has 0 saturated carbocycles. The molecule has 1 unspecified atom stereocenters. The molecule has 106 valence electrons. The van der Waals surface area contributed by atoms with Crippen LogP contribution in [0.2, 0.25) is 0 Å². The second kappa shape index (κ2) is 8.63. The van der Waals surface area contributed by atoms with Crippen LogP contribution < -0.4 is 5.32 Å². The first kappa shape index (κ1) is 15.6. The number of thiocarbonyl (C=S) groups is 1. The van der Waals surface area contributed by atoms with Gasteiger partial charge >= 0.3 is 0 Å². The van der Waals surface area contributed by atoms with Crippen molar-refractivity contribution in [3.05, 3.63) is 0 Å². The van der Waals surface area contributed by atoms with Gasteiger partial charge in [0.2, 0.25) is 0 Å². The fourth-order valence-electron chi connectivity index (χ4n) is 2.13. The smallest absolute Gasteiger partial charge is 0.169 e. The molecular weight excluding hydrogens is 250 g/mol. The maximum atomic E-state index is 8.96. The summed E-state index contributed by atoms with van der Waals surface area (Å²) in [6.07, 6.45) is 1.08. The Bertz CT molecular complexity index is 253. The van der Waals surface area contributed by atoms with E-state index in [-0.39, 0.29) is 12.6 Å². The Labute approximate surface area is 115 Å². The van der Waals surface area contributed by atoms with E-state index in [0.717, 1.165) is 44.3 Å². The molecule has 0 aromatic rings. The number of ether oxygens (including phenoxy) is 1. The Hall–Kier alpha value is -0.430. The molecule has 0 radical (unpaired) electrons. The fraction of sp³-hybridized carbons (Fsp3) is 0.917. The first-order valence-electron chi connectivity index (χ1n) is 6.55. The summed E-state index contributed by atoms with van der Waals surface area (Å²) in [5.74, 6) is 0. The molecule has 0 aromatic carbocycles. The van der Waals surface area contributed by atoms with Crippen molar-refractivity contribution in [2.75, 3.05) is 53.0 Å². The van der Waals surface area contributed by atoms with Crippen LogP contribution >= 0.6 is 12.2 Å². The molecule has 6 heteroatoms. The summed E-state index contributed by atoms with van der Waals surface area (Å²) >= 11 is 5.42. The minimum Gasteiger partial charge on any atom is -0.395 e. The van der Waals surface area contributed by atoms with Crippen LogP contribution in [0.4, 0.5) is 0 Å². The van der Waals surface area contributed by atoms with Gasteiger partial charge in [0.15, 0.2) is 5.11 Å². The zero-order valence-corrected chi connectivity index (χ0v) is 12.2. The Balaban J connectivity index is 2.35. The van der Waals surface area contributed by atoms with Gasteiger partial charge in [-0.1, -0.05) is 0 Å². The Morgan fingerprint density at radius 2 is 2.17 bits per heavy atom. The Kier molecular flexibility index (Phi) is 7.50. The maximum Gasteiger partial charge on any atom is 0.169 e. The number of β-amino-alcohol motifs (C(OH)–C–C–N with tert-alkyl or cyclic N) is 1. The highest BCUT2D eigenvalue weighted by molar-refractivity contribution is 7.80. The topological polar surface area (TPSA) is 48.0 Å². The van der Waals surface area contributed by atoms with Gasteiger partial charge in [0.1, 0.15) is 0 Å². The van der Waals surface area contributed by atoms with Gasteiger partial charge in [-0.05, 0) is 32.1 Å². The summed E-state index contributed by atoms with van der Waals surface area (Å²) < 4.78 is 5.09. The van der Waals surface area contributed by atoms with E-state index in [4.69, 9.17) is 22.1 Å². The first-order chi connectivity index (χ1) is 8.67. The number of aliphatic hydroxyl groups is 1. The summed E-state index contributed by atoms with van der Waals surface area (Å²) in [4.78, 5) is 4.49. The lowest BCUT2D eigenvalue weighted by Crippen LogP contribution is -2.46. The van der Waals surface area contributed by atoms with Crippen molar-refractivity contribution in [3.63, 3.8) is 0 Å². The van der Waals surface area contributed by atoms with Crippen LogP contribution in [-0.2, 0) is 4.74 Å². The Morgan fingerprint density at radius 1 is 1.39 bits per heavy atom. The van der Waals surface area contributed by atoms with Crippen LogP contribution in [0.3, 0.4) is 0 Å². The average molecular weight is 275 g/mol. The van der Waals surface area contributed by atoms with Crippen LogP contribution in [0.15, 0.2) is 0 Å². The van der Waals surface area contributed by atoms with Gasteiger partial charge in [-0.2, -0.15) is 0 Å². The zero-order valence-electron chi connectivity index (χ0n) is 11.4. The highest BCUT2D eigenvalue weighted by atomic mass is 32.1. The van der Waals surface area contributed by atoms with Gasteiger partial charge < -0.3 is 20.1 Å². The highest BCUT2D eigenvalue weighted by Crippen LogP contribution is 2.03. The van der Waals surface area contributed by atoms with E-state index in [2.05, 4.69) is 22.0 Å². The van der Waals surface area contributed by atoms with Crippen LogP contribution in [0, 0.1) is 0 Å². The van der Waals surface area contributed by atoms with Gasteiger partial charge in [-0.15, -0.1) is 0 Å². The van der Waals surface area contributed by atoms with Gasteiger partial charge in [0.05, 0.1) is 13.2 Å². The number of rotatable bonds is 5. The van der Waals surface area contributed by atoms with Crippen molar-refractivity contribution in [1.29, 1.82) is 0 Å². The molecule has 18 heavy (non-hydrogen) atoms. The molecule has 1 aliphatic heterocycles. The molecule has 1 rings (SSSR count). The van der Waals surface area contributed by atoms with Crippen molar-refractivity contribution in [1.82, 2.24) is 15.1 Å². The molecule has 1 heterocycles. The molecule has 1 aliphatic rings. The highest BCUT2D eigenvalue weighted by Gasteiger charge is 2.17. The van der Waals surface area contributed by atoms with Crippen molar-refractivity contribution < 1.29 is 9.84 Å². The maximum absolute atomic E-state index is 8.96. The summed E-state index contributed by atoms with van der Waals surface area (Å²) in [6.45, 7) is 7.60. The van der Waals surface area contributed by atoms with E-state index >= 15 is 0 Å². The van der Waals surface area contributed by atoms with Crippen LogP contribution in [0.5, 0.6) is 0 Å². The lowest BCUT2D eigenvalue weighted by atomic mass is 10.3. The van der Waals surface area contributed by atoms with E-state index in [0.29, 0.717) is 6.61 Å². The van der Waals surface area contributed by atoms with Crippen LogP contribution in [0.1, 0.15) is 13.3 Å². The van der Waals surface area contributed by atoms with E-state index in [1.54, 1.807) is 7.11 Å². The monoisotopic (exact) mass is 275 g/mol. The Morgan fingerprint density at radius 3 is 2.83 bits per heavy atom. The van der Waals surface area contributed by atoms with Crippen molar-refractivity contribution in [2.24, 2.45) is 0 Å². The SMILES string of the molecule is COCC(C)NC(=S)N1CCCN(CCO)CC1. The summed E-state index contributed by atoms with van der Waals surface area (Å²) in [6, 6.07) is 0.235. The molecule has 0 spiro atoms. The van der Waals surface area contributed by atoms with E-state index in [1.807, 2.05) is 0 Å². The predicted octanol–water partition coefficient (Wildman–Crippen LogP) is -0.104. The first-order valence-corrected chi connectivity index (χ1v) is 6.95. The standard InChI is InChI=1S/C12H25N3O2S/c1-11(10-17-2)13-12(18)15-5-3-4-14(6-7-15)8-9-16/h11,16H,3-10H2,1-2H3,(H,13,18). The van der Waals surface area contributed by atoms with E-state index < -0.39 is 0 Å². The number of hydrogen-bond acceptors (Lipinski definition) is 4. The van der Waals surface area contributed by atoms with Crippen molar-refractivity contribution in [3.8, 4) is 0 Å². The fourth-order valence-corrected chi connectivity index (χ4v) is 2.52. The molecule has 5 nitrogen and oxygen atoms in total. The number of nitrogens with one attached hydrogen (secondary N) is 1. The van der Waals surface area contributed by atoms with Crippen molar-refractivity contribution >= 4 is 17.3 Å². The minimum atomic E-state index is 0.230. The number of hydrogen-bond donors (Lipinski definition) is 2.